The Labute approximate surface area is 454 Å². The molecule has 5 N–H and O–H groups in total. The van der Waals surface area contributed by atoms with E-state index in [2.05, 4.69) is 10.6 Å². The number of Topliss-reactive ketones (excluding diaryl/α,β-unsaturated/α-hetero) is 1. The quantitative estimate of drug-likeness (QED) is 0.0170. The number of piperidine rings is 1. The molecule has 0 saturated carbocycles. The molecular weight excluding hydrogens is 1010 g/mol. The van der Waals surface area contributed by atoms with Crippen LogP contribution in [-0.4, -0.2) is 124 Å². The summed E-state index contributed by atoms with van der Waals surface area (Å²) in [5, 5.41) is 17.1. The number of aryl methyl sites for hydroxylation is 1. The van der Waals surface area contributed by atoms with E-state index < -0.39 is 63.5 Å². The van der Waals surface area contributed by atoms with E-state index in [4.69, 9.17) is 29.4 Å². The number of nitrogen functional groups attached to an aromatic ring is 1. The molecule has 5 rings (SSSR count). The van der Waals surface area contributed by atoms with E-state index in [-0.39, 0.29) is 69.0 Å². The molecule has 4 atom stereocenters. The van der Waals surface area contributed by atoms with Crippen molar-refractivity contribution in [3.63, 3.8) is 0 Å². The fourth-order valence-corrected chi connectivity index (χ4v) is 10.4. The normalized spacial score (nSPS) is 15.0. The summed E-state index contributed by atoms with van der Waals surface area (Å²) in [6, 6.07) is 26.0. The summed E-state index contributed by atoms with van der Waals surface area (Å²) >= 11 is 0. The average molecular weight is 1090 g/mol. The third-order valence-electron chi connectivity index (χ3n) is 13.6. The van der Waals surface area contributed by atoms with Crippen molar-refractivity contribution in [3.05, 3.63) is 114 Å². The number of methoxy groups -OCH3 is 2. The maximum Gasteiger partial charge on any atom is 0.407 e. The van der Waals surface area contributed by atoms with Gasteiger partial charge in [-0.25, -0.2) is 18.0 Å². The van der Waals surface area contributed by atoms with E-state index in [1.807, 2.05) is 75.4 Å². The van der Waals surface area contributed by atoms with Gasteiger partial charge in [0.05, 0.1) is 44.4 Å². The van der Waals surface area contributed by atoms with Crippen LogP contribution >= 0.6 is 0 Å². The number of benzene rings is 4. The van der Waals surface area contributed by atoms with Crippen LogP contribution in [0.1, 0.15) is 109 Å². The number of amides is 3. The lowest BCUT2D eigenvalue weighted by atomic mass is 9.84. The van der Waals surface area contributed by atoms with Gasteiger partial charge < -0.3 is 50.1 Å². The van der Waals surface area contributed by atoms with Crippen LogP contribution in [-0.2, 0) is 51.5 Å². The molecule has 1 heterocycles. The summed E-state index contributed by atoms with van der Waals surface area (Å²) in [4.78, 5) is 68.3. The van der Waals surface area contributed by atoms with Gasteiger partial charge in [-0.2, -0.15) is 4.31 Å². The number of nitrogens with one attached hydrogen (secondary N) is 2. The molecule has 3 amide bonds. The van der Waals surface area contributed by atoms with Crippen molar-refractivity contribution in [3.8, 4) is 17.2 Å². The van der Waals surface area contributed by atoms with Crippen LogP contribution in [0.15, 0.2) is 102 Å². The van der Waals surface area contributed by atoms with Crippen LogP contribution in [0.25, 0.3) is 0 Å². The minimum Gasteiger partial charge on any atom is -0.493 e. The Morgan fingerprint density at radius 1 is 0.857 bits per heavy atom. The zero-order chi connectivity index (χ0) is 56.1. The molecule has 0 radical (unpaired) electrons. The summed E-state index contributed by atoms with van der Waals surface area (Å²) in [6.07, 6.45) is 1.38. The number of ether oxygens (including phenoxy) is 5. The van der Waals surface area contributed by atoms with Gasteiger partial charge in [0.15, 0.2) is 11.5 Å². The highest BCUT2D eigenvalue weighted by Gasteiger charge is 2.41. The van der Waals surface area contributed by atoms with Gasteiger partial charge in [-0.05, 0) is 129 Å². The Bertz CT molecular complexity index is 2670. The first-order valence-electron chi connectivity index (χ1n) is 26.5. The van der Waals surface area contributed by atoms with Gasteiger partial charge in [-0.15, -0.1) is 0 Å². The van der Waals surface area contributed by atoms with Crippen LogP contribution in [0.3, 0.4) is 0 Å². The molecule has 1 aliphatic rings. The number of carbonyl (C=O) groups is 5. The summed E-state index contributed by atoms with van der Waals surface area (Å²) in [6.45, 7) is 9.51. The number of alkyl carbamates (subject to hydrolysis) is 1. The second-order valence-corrected chi connectivity index (χ2v) is 22.3. The van der Waals surface area contributed by atoms with E-state index >= 15 is 0 Å². The number of nitrogens with zero attached hydrogens (tertiary/aromatic N) is 2. The highest BCUT2D eigenvalue weighted by Crippen LogP contribution is 2.33. The predicted molar refractivity (Wildman–Crippen MR) is 293 cm³/mol. The number of nitrogens with two attached hydrogens (primary N) is 1. The molecule has 1 fully saturated rings. The molecule has 420 valence electrons. The van der Waals surface area contributed by atoms with Gasteiger partial charge in [0.25, 0.3) is 5.91 Å². The monoisotopic (exact) mass is 1090 g/mol. The zero-order valence-corrected chi connectivity index (χ0v) is 46.5. The van der Waals surface area contributed by atoms with Gasteiger partial charge in [0, 0.05) is 37.2 Å². The van der Waals surface area contributed by atoms with Gasteiger partial charge >= 0.3 is 12.1 Å². The minimum absolute atomic E-state index is 0.00365. The summed E-state index contributed by atoms with van der Waals surface area (Å²) < 4.78 is 57.4. The Morgan fingerprint density at radius 2 is 1.58 bits per heavy atom. The zero-order valence-electron chi connectivity index (χ0n) is 45.7. The van der Waals surface area contributed by atoms with Gasteiger partial charge in [-0.1, -0.05) is 83.1 Å². The smallest absolute Gasteiger partial charge is 0.407 e. The molecule has 0 bridgehead atoms. The highest BCUT2D eigenvalue weighted by atomic mass is 32.2. The average Bonchev–Trinajstić information content (AvgIpc) is 3.43. The number of sulfonamides is 1. The Hall–Kier alpha value is -6.70. The SMILES string of the molecule is CCC(C)(C)C(=O)C(=O)N1CCCC[C@H]1C(=O)O[C@H](CCc1ccc(OC)c(OC)c1)c1cccc(OCCNC(=O)CCCCOC(=O)N[C@@H](Cc2ccccc2)[C@H](O)CN(CC(C)C)S(=O)(=O)c2ccc(N)cc2)c1. The molecule has 0 spiro atoms. The van der Waals surface area contributed by atoms with Crippen molar-refractivity contribution in [1.82, 2.24) is 19.8 Å². The molecule has 0 aliphatic carbocycles. The fraction of sp³-hybridized carbons (Fsp3) is 0.500. The first-order chi connectivity index (χ1) is 36.8. The van der Waals surface area contributed by atoms with Crippen molar-refractivity contribution >= 4 is 45.4 Å². The number of ketones is 1. The highest BCUT2D eigenvalue weighted by molar-refractivity contribution is 7.89. The number of aliphatic hydroxyl groups excluding tert-OH is 1. The maximum absolute atomic E-state index is 14.1. The molecule has 4 aromatic rings. The number of carbonyl (C=O) groups excluding carboxylic acids is 5. The van der Waals surface area contributed by atoms with E-state index in [1.165, 1.54) is 33.5 Å². The molecule has 1 aliphatic heterocycles. The van der Waals surface area contributed by atoms with Crippen molar-refractivity contribution in [2.45, 2.75) is 128 Å². The van der Waals surface area contributed by atoms with Crippen molar-refractivity contribution < 1.29 is 61.2 Å². The first-order valence-corrected chi connectivity index (χ1v) is 28.0. The Balaban J connectivity index is 1.13. The van der Waals surface area contributed by atoms with Crippen LogP contribution in [0.5, 0.6) is 17.2 Å². The summed E-state index contributed by atoms with van der Waals surface area (Å²) in [5.41, 5.74) is 7.73. The third-order valence-corrected chi connectivity index (χ3v) is 15.5. The molecule has 77 heavy (non-hydrogen) atoms. The van der Waals surface area contributed by atoms with Gasteiger partial charge in [-0.3, -0.25) is 14.4 Å². The van der Waals surface area contributed by atoms with Gasteiger partial charge in [0.1, 0.15) is 24.5 Å². The van der Waals surface area contributed by atoms with E-state index in [9.17, 15) is 37.5 Å². The van der Waals surface area contributed by atoms with E-state index in [0.29, 0.717) is 79.9 Å². The lowest BCUT2D eigenvalue weighted by Crippen LogP contribution is -2.53. The van der Waals surface area contributed by atoms with Crippen LogP contribution in [0.4, 0.5) is 10.5 Å². The Kier molecular flexibility index (Phi) is 23.6. The molecular formula is C58H79N5O13S. The number of hydrogen-bond acceptors (Lipinski definition) is 14. The van der Waals surface area contributed by atoms with Crippen LogP contribution < -0.4 is 30.6 Å². The second-order valence-electron chi connectivity index (χ2n) is 20.4. The van der Waals surface area contributed by atoms with Crippen molar-refractivity contribution in [2.24, 2.45) is 11.3 Å². The number of anilines is 1. The number of aliphatic hydroxyl groups is 1. The molecule has 19 heteroatoms. The lowest BCUT2D eigenvalue weighted by Gasteiger charge is -2.36. The molecule has 18 nitrogen and oxygen atoms in total. The van der Waals surface area contributed by atoms with E-state index in [0.717, 1.165) is 11.1 Å². The second kappa shape index (κ2) is 29.7. The van der Waals surface area contributed by atoms with Crippen LogP contribution in [0, 0.1) is 11.3 Å². The minimum atomic E-state index is -4.02. The standard InChI is InChI=1S/C58H79N5O13S/c1-8-58(4,5)54(66)55(67)63-32-14-12-21-48(63)56(68)76-50(29-23-42-24-30-51(72-6)52(36-42)73-7)43-19-16-20-45(37-43)74-34-31-60-53(65)22-13-15-33-75-57(69)61-47(35-41-17-10-9-11-18-41)49(64)39-62(38-40(2)3)77(70,71)46-27-25-44(59)26-28-46/h9-11,16-20,24-28,30,36-37,40,47-50,64H,8,12-15,21-23,29,31-35,38-39,59H2,1-7H3,(H,60,65)(H,61,69)/t47-,48-,49+,50+/m0/s1. The molecule has 0 aromatic heterocycles. The number of unbranched alkanes of at least 4 members (excludes halogenated alkanes) is 1. The summed E-state index contributed by atoms with van der Waals surface area (Å²) in [7, 11) is -0.906. The first kappa shape index (κ1) is 61.2. The largest absolute Gasteiger partial charge is 0.493 e. The van der Waals surface area contributed by atoms with Crippen molar-refractivity contribution in [2.75, 3.05) is 59.3 Å². The molecule has 1 saturated heterocycles. The predicted octanol–water partition coefficient (Wildman–Crippen LogP) is 7.60. The number of likely N-dealkylation sites (tertiary alicyclic amines) is 1. The molecule has 4 aromatic carbocycles. The number of rotatable bonds is 30. The number of hydrogen-bond donors (Lipinski definition) is 4. The lowest BCUT2D eigenvalue weighted by molar-refractivity contribution is -0.164. The number of esters is 1. The topological polar surface area (TPSA) is 242 Å². The van der Waals surface area contributed by atoms with Crippen LogP contribution in [0.2, 0.25) is 0 Å². The molecule has 0 unspecified atom stereocenters. The third kappa shape index (κ3) is 18.5. The fourth-order valence-electron chi connectivity index (χ4n) is 8.80. The van der Waals surface area contributed by atoms with Crippen molar-refractivity contribution in [1.29, 1.82) is 0 Å². The van der Waals surface area contributed by atoms with Gasteiger partial charge in [0.2, 0.25) is 21.7 Å². The Morgan fingerprint density at radius 3 is 2.27 bits per heavy atom. The maximum atomic E-state index is 14.1. The summed E-state index contributed by atoms with van der Waals surface area (Å²) in [5.74, 6) is -0.460. The van der Waals surface area contributed by atoms with E-state index in [1.54, 1.807) is 46.3 Å².